The average molecular weight is 214 g/mol. The first-order chi connectivity index (χ1) is 6.88. The van der Waals surface area contributed by atoms with Gasteiger partial charge in [-0.05, 0) is 0 Å². The molecule has 5 heteroatoms. The van der Waals surface area contributed by atoms with Crippen LogP contribution in [0.25, 0.3) is 0 Å². The predicted octanol–water partition coefficient (Wildman–Crippen LogP) is 0.336. The van der Waals surface area contributed by atoms with Gasteiger partial charge < -0.3 is 9.84 Å². The van der Waals surface area contributed by atoms with Crippen LogP contribution in [0, 0.1) is 0 Å². The van der Waals surface area contributed by atoms with Crippen LogP contribution in [0.15, 0.2) is 10.9 Å². The number of hydrogen-bond acceptors (Lipinski definition) is 5. The maximum absolute atomic E-state index is 8.97. The van der Waals surface area contributed by atoms with Gasteiger partial charge in [0.25, 0.3) is 0 Å². The van der Waals surface area contributed by atoms with E-state index in [1.807, 2.05) is 5.51 Å². The van der Waals surface area contributed by atoms with Crippen molar-refractivity contribution in [2.24, 2.45) is 0 Å². The minimum Gasteiger partial charge on any atom is -0.394 e. The van der Waals surface area contributed by atoms with Crippen LogP contribution in [0.3, 0.4) is 0 Å². The minimum absolute atomic E-state index is 0.0256. The molecule has 0 aromatic carbocycles. The van der Waals surface area contributed by atoms with Gasteiger partial charge in [0.2, 0.25) is 0 Å². The van der Waals surface area contributed by atoms with Crippen molar-refractivity contribution >= 4 is 11.3 Å². The first-order valence-corrected chi connectivity index (χ1v) is 5.64. The summed E-state index contributed by atoms with van der Waals surface area (Å²) < 4.78 is 5.37. The van der Waals surface area contributed by atoms with E-state index in [0.717, 1.165) is 25.3 Å². The maximum atomic E-state index is 8.97. The summed E-state index contributed by atoms with van der Waals surface area (Å²) in [5.74, 6) is 0. The van der Waals surface area contributed by atoms with Crippen LogP contribution in [-0.4, -0.2) is 47.4 Å². The van der Waals surface area contributed by atoms with Gasteiger partial charge in [-0.25, -0.2) is 4.98 Å². The lowest BCUT2D eigenvalue weighted by molar-refractivity contribution is -0.0553. The zero-order chi connectivity index (χ0) is 9.80. The van der Waals surface area contributed by atoms with E-state index in [9.17, 15) is 0 Å². The quantitative estimate of drug-likeness (QED) is 0.788. The zero-order valence-corrected chi connectivity index (χ0v) is 8.74. The van der Waals surface area contributed by atoms with E-state index in [-0.39, 0.29) is 12.7 Å². The van der Waals surface area contributed by atoms with Gasteiger partial charge in [0.05, 0.1) is 30.5 Å². The van der Waals surface area contributed by atoms with Crippen LogP contribution in [-0.2, 0) is 11.3 Å². The molecular weight excluding hydrogens is 200 g/mol. The summed E-state index contributed by atoms with van der Waals surface area (Å²) >= 11 is 1.62. The number of aliphatic hydroxyl groups excluding tert-OH is 1. The van der Waals surface area contributed by atoms with E-state index in [2.05, 4.69) is 15.3 Å². The van der Waals surface area contributed by atoms with Crippen molar-refractivity contribution in [1.29, 1.82) is 0 Å². The standard InChI is InChI=1S/C9H14N2O2S/c12-5-9-4-11(1-2-13-9)3-8-6-14-7-10-8/h6-7,9,12H,1-5H2. The van der Waals surface area contributed by atoms with Crippen molar-refractivity contribution in [2.75, 3.05) is 26.3 Å². The zero-order valence-electron chi connectivity index (χ0n) is 7.93. The number of rotatable bonds is 3. The Balaban J connectivity index is 1.86. The third kappa shape index (κ3) is 2.51. The Bertz CT molecular complexity index is 266. The molecule has 1 aliphatic rings. The Labute approximate surface area is 87.1 Å². The molecule has 1 saturated heterocycles. The van der Waals surface area contributed by atoms with Gasteiger partial charge in [-0.3, -0.25) is 4.90 Å². The molecule has 1 atom stereocenters. The normalized spacial score (nSPS) is 23.9. The Hall–Kier alpha value is -0.490. The largest absolute Gasteiger partial charge is 0.394 e. The molecular formula is C9H14N2O2S. The molecule has 2 rings (SSSR count). The Morgan fingerprint density at radius 1 is 1.71 bits per heavy atom. The molecule has 0 saturated carbocycles. The molecule has 0 bridgehead atoms. The lowest BCUT2D eigenvalue weighted by Gasteiger charge is -2.31. The van der Waals surface area contributed by atoms with Crippen LogP contribution >= 0.6 is 11.3 Å². The van der Waals surface area contributed by atoms with E-state index in [1.54, 1.807) is 11.3 Å². The SMILES string of the molecule is OCC1CN(Cc2cscn2)CCO1. The van der Waals surface area contributed by atoms with Crippen LogP contribution in [0.2, 0.25) is 0 Å². The second-order valence-electron chi connectivity index (χ2n) is 3.39. The fourth-order valence-corrected chi connectivity index (χ4v) is 2.13. The fourth-order valence-electron chi connectivity index (χ4n) is 1.58. The summed E-state index contributed by atoms with van der Waals surface area (Å²) in [7, 11) is 0. The highest BCUT2D eigenvalue weighted by atomic mass is 32.1. The first-order valence-electron chi connectivity index (χ1n) is 4.70. The number of hydrogen-bond donors (Lipinski definition) is 1. The predicted molar refractivity (Wildman–Crippen MR) is 54.2 cm³/mol. The second kappa shape index (κ2) is 4.84. The average Bonchev–Trinajstić information content (AvgIpc) is 2.71. The molecule has 14 heavy (non-hydrogen) atoms. The highest BCUT2D eigenvalue weighted by Crippen LogP contribution is 2.10. The summed E-state index contributed by atoms with van der Waals surface area (Å²) in [5, 5.41) is 11.0. The molecule has 0 aliphatic carbocycles. The third-order valence-corrected chi connectivity index (χ3v) is 2.93. The molecule has 1 N–H and O–H groups in total. The molecule has 1 aromatic heterocycles. The second-order valence-corrected chi connectivity index (χ2v) is 4.11. The van der Waals surface area contributed by atoms with Gasteiger partial charge in [0.15, 0.2) is 0 Å². The Kier molecular flexibility index (Phi) is 3.47. The van der Waals surface area contributed by atoms with Crippen molar-refractivity contribution in [3.05, 3.63) is 16.6 Å². The van der Waals surface area contributed by atoms with Crippen LogP contribution in [0.5, 0.6) is 0 Å². The molecule has 1 unspecified atom stereocenters. The highest BCUT2D eigenvalue weighted by Gasteiger charge is 2.19. The summed E-state index contributed by atoms with van der Waals surface area (Å²) in [4.78, 5) is 6.50. The van der Waals surface area contributed by atoms with Gasteiger partial charge in [-0.15, -0.1) is 11.3 Å². The van der Waals surface area contributed by atoms with Crippen molar-refractivity contribution < 1.29 is 9.84 Å². The van der Waals surface area contributed by atoms with E-state index < -0.39 is 0 Å². The highest BCUT2D eigenvalue weighted by molar-refractivity contribution is 7.07. The number of thiazole rings is 1. The lowest BCUT2D eigenvalue weighted by Crippen LogP contribution is -2.43. The third-order valence-electron chi connectivity index (χ3n) is 2.30. The van der Waals surface area contributed by atoms with Gasteiger partial charge in [0, 0.05) is 25.0 Å². The summed E-state index contributed by atoms with van der Waals surface area (Å²) in [5.41, 5.74) is 2.95. The fraction of sp³-hybridized carbons (Fsp3) is 0.667. The summed E-state index contributed by atoms with van der Waals surface area (Å²) in [6, 6.07) is 0. The number of nitrogens with zero attached hydrogens (tertiary/aromatic N) is 2. The summed E-state index contributed by atoms with van der Waals surface area (Å²) in [6.45, 7) is 3.40. The number of aliphatic hydroxyl groups is 1. The van der Waals surface area contributed by atoms with Crippen LogP contribution < -0.4 is 0 Å². The number of ether oxygens (including phenoxy) is 1. The maximum Gasteiger partial charge on any atom is 0.0933 e. The van der Waals surface area contributed by atoms with Crippen molar-refractivity contribution in [1.82, 2.24) is 9.88 Å². The molecule has 1 fully saturated rings. The first kappa shape index (κ1) is 10.0. The monoisotopic (exact) mass is 214 g/mol. The van der Waals surface area contributed by atoms with Gasteiger partial charge >= 0.3 is 0 Å². The smallest absolute Gasteiger partial charge is 0.0933 e. The Morgan fingerprint density at radius 3 is 3.36 bits per heavy atom. The topological polar surface area (TPSA) is 45.6 Å². The van der Waals surface area contributed by atoms with E-state index in [4.69, 9.17) is 9.84 Å². The number of aromatic nitrogens is 1. The molecule has 78 valence electrons. The molecule has 4 nitrogen and oxygen atoms in total. The number of morpholine rings is 1. The summed E-state index contributed by atoms with van der Waals surface area (Å²) in [6.07, 6.45) is -0.0256. The van der Waals surface area contributed by atoms with E-state index >= 15 is 0 Å². The van der Waals surface area contributed by atoms with Gasteiger partial charge in [0.1, 0.15) is 0 Å². The van der Waals surface area contributed by atoms with E-state index in [0.29, 0.717) is 6.61 Å². The minimum atomic E-state index is -0.0256. The van der Waals surface area contributed by atoms with Crippen LogP contribution in [0.4, 0.5) is 0 Å². The molecule has 1 aliphatic heterocycles. The van der Waals surface area contributed by atoms with Crippen LogP contribution in [0.1, 0.15) is 5.69 Å². The molecule has 0 radical (unpaired) electrons. The van der Waals surface area contributed by atoms with Crippen molar-refractivity contribution in [2.45, 2.75) is 12.6 Å². The Morgan fingerprint density at radius 2 is 2.64 bits per heavy atom. The molecule has 0 amide bonds. The van der Waals surface area contributed by atoms with Gasteiger partial charge in [-0.2, -0.15) is 0 Å². The molecule has 1 aromatic rings. The molecule has 2 heterocycles. The van der Waals surface area contributed by atoms with Gasteiger partial charge in [-0.1, -0.05) is 0 Å². The van der Waals surface area contributed by atoms with Crippen molar-refractivity contribution in [3.8, 4) is 0 Å². The lowest BCUT2D eigenvalue weighted by atomic mass is 10.2. The molecule has 0 spiro atoms. The van der Waals surface area contributed by atoms with Crippen molar-refractivity contribution in [3.63, 3.8) is 0 Å². The van der Waals surface area contributed by atoms with E-state index in [1.165, 1.54) is 0 Å².